The van der Waals surface area contributed by atoms with Gasteiger partial charge in [0, 0.05) is 55.5 Å². The summed E-state index contributed by atoms with van der Waals surface area (Å²) in [7, 11) is 1.60. The SMILES string of the molecule is COCC(=O)N(CC(C)C)CC1CN(Cc2ccc(C)s2)CC1c1ccccc1C. The van der Waals surface area contributed by atoms with Crippen LogP contribution in [-0.4, -0.2) is 55.6 Å². The summed E-state index contributed by atoms with van der Waals surface area (Å²) < 4.78 is 5.16. The van der Waals surface area contributed by atoms with E-state index in [1.54, 1.807) is 7.11 Å². The van der Waals surface area contributed by atoms with Crippen molar-refractivity contribution in [3.05, 3.63) is 57.3 Å². The largest absolute Gasteiger partial charge is 0.375 e. The maximum Gasteiger partial charge on any atom is 0.248 e. The molecule has 3 rings (SSSR count). The number of hydrogen-bond acceptors (Lipinski definition) is 4. The highest BCUT2D eigenvalue weighted by atomic mass is 32.1. The molecule has 0 aliphatic carbocycles. The summed E-state index contributed by atoms with van der Waals surface area (Å²) in [6, 6.07) is 13.2. The predicted octanol–water partition coefficient (Wildman–Crippen LogP) is 4.71. The minimum Gasteiger partial charge on any atom is -0.375 e. The fourth-order valence-electron chi connectivity index (χ4n) is 4.64. The fraction of sp³-hybridized carbons (Fsp3) is 0.560. The molecule has 1 aromatic carbocycles. The van der Waals surface area contributed by atoms with E-state index in [9.17, 15) is 4.79 Å². The molecular formula is C25H36N2O2S. The van der Waals surface area contributed by atoms with Gasteiger partial charge in [0.1, 0.15) is 6.61 Å². The summed E-state index contributed by atoms with van der Waals surface area (Å²) in [6.45, 7) is 13.5. The average Bonchev–Trinajstić information content (AvgIpc) is 3.27. The summed E-state index contributed by atoms with van der Waals surface area (Å²) >= 11 is 1.89. The van der Waals surface area contributed by atoms with Crippen molar-refractivity contribution in [3.8, 4) is 0 Å². The van der Waals surface area contributed by atoms with Crippen LogP contribution in [0.1, 0.15) is 40.6 Å². The molecule has 2 unspecified atom stereocenters. The van der Waals surface area contributed by atoms with Crippen LogP contribution in [0, 0.1) is 25.7 Å². The summed E-state index contributed by atoms with van der Waals surface area (Å²) in [5.74, 6) is 1.40. The lowest BCUT2D eigenvalue weighted by Gasteiger charge is -2.30. The third-order valence-electron chi connectivity index (χ3n) is 5.94. The first-order valence-electron chi connectivity index (χ1n) is 11.0. The molecule has 1 fully saturated rings. The van der Waals surface area contributed by atoms with Gasteiger partial charge in [-0.1, -0.05) is 38.1 Å². The molecule has 0 radical (unpaired) electrons. The van der Waals surface area contributed by atoms with Crippen molar-refractivity contribution in [2.75, 3.05) is 39.9 Å². The van der Waals surface area contributed by atoms with Crippen molar-refractivity contribution < 1.29 is 9.53 Å². The van der Waals surface area contributed by atoms with E-state index in [1.165, 1.54) is 20.9 Å². The monoisotopic (exact) mass is 428 g/mol. The van der Waals surface area contributed by atoms with E-state index in [1.807, 2.05) is 16.2 Å². The highest BCUT2D eigenvalue weighted by Gasteiger charge is 2.36. The third-order valence-corrected chi connectivity index (χ3v) is 6.93. The van der Waals surface area contributed by atoms with Gasteiger partial charge >= 0.3 is 0 Å². The van der Waals surface area contributed by atoms with Crippen LogP contribution in [0.5, 0.6) is 0 Å². The van der Waals surface area contributed by atoms with Gasteiger partial charge in [-0.25, -0.2) is 0 Å². The zero-order chi connectivity index (χ0) is 21.7. The number of likely N-dealkylation sites (tertiary alicyclic amines) is 1. The molecule has 1 amide bonds. The van der Waals surface area contributed by atoms with Crippen LogP contribution in [-0.2, 0) is 16.1 Å². The molecule has 0 bridgehead atoms. The zero-order valence-electron chi connectivity index (χ0n) is 19.1. The van der Waals surface area contributed by atoms with Crippen LogP contribution in [0.3, 0.4) is 0 Å². The molecular weight excluding hydrogens is 392 g/mol. The molecule has 5 heteroatoms. The Hall–Kier alpha value is -1.69. The minimum atomic E-state index is 0.0991. The van der Waals surface area contributed by atoms with Crippen molar-refractivity contribution in [2.24, 2.45) is 11.8 Å². The van der Waals surface area contributed by atoms with Crippen molar-refractivity contribution in [1.82, 2.24) is 9.80 Å². The molecule has 2 atom stereocenters. The fourth-order valence-corrected chi connectivity index (χ4v) is 5.57. The van der Waals surface area contributed by atoms with Crippen LogP contribution in [0.15, 0.2) is 36.4 Å². The van der Waals surface area contributed by atoms with Crippen LogP contribution in [0.4, 0.5) is 0 Å². The van der Waals surface area contributed by atoms with Crippen molar-refractivity contribution in [1.29, 1.82) is 0 Å². The number of methoxy groups -OCH3 is 1. The number of hydrogen-bond donors (Lipinski definition) is 0. The van der Waals surface area contributed by atoms with E-state index in [-0.39, 0.29) is 12.5 Å². The number of aryl methyl sites for hydroxylation is 2. The first kappa shape index (κ1) is 23.0. The summed E-state index contributed by atoms with van der Waals surface area (Å²) in [5.41, 5.74) is 2.77. The number of carbonyl (C=O) groups is 1. The molecule has 1 aliphatic rings. The number of nitrogens with zero attached hydrogens (tertiary/aromatic N) is 2. The lowest BCUT2D eigenvalue weighted by Crippen LogP contribution is -2.41. The van der Waals surface area contributed by atoms with E-state index < -0.39 is 0 Å². The number of ether oxygens (including phenoxy) is 1. The van der Waals surface area contributed by atoms with Gasteiger partial charge in [0.15, 0.2) is 0 Å². The molecule has 0 saturated carbocycles. The smallest absolute Gasteiger partial charge is 0.248 e. The van der Waals surface area contributed by atoms with Crippen LogP contribution in [0.2, 0.25) is 0 Å². The van der Waals surface area contributed by atoms with Crippen LogP contribution in [0.25, 0.3) is 0 Å². The molecule has 2 aromatic rings. The number of carbonyl (C=O) groups excluding carboxylic acids is 1. The first-order valence-corrected chi connectivity index (χ1v) is 11.8. The summed E-state index contributed by atoms with van der Waals surface area (Å²) in [6.07, 6.45) is 0. The molecule has 30 heavy (non-hydrogen) atoms. The predicted molar refractivity (Wildman–Crippen MR) is 125 cm³/mol. The quantitative estimate of drug-likeness (QED) is 0.580. The van der Waals surface area contributed by atoms with Gasteiger partial charge in [-0.15, -0.1) is 11.3 Å². The van der Waals surface area contributed by atoms with Gasteiger partial charge in [0.25, 0.3) is 0 Å². The molecule has 164 valence electrons. The van der Waals surface area contributed by atoms with Gasteiger partial charge in [0.2, 0.25) is 5.91 Å². The topological polar surface area (TPSA) is 32.8 Å². The van der Waals surface area contributed by atoms with Gasteiger partial charge in [-0.3, -0.25) is 9.69 Å². The Labute approximate surface area is 185 Å². The van der Waals surface area contributed by atoms with Gasteiger partial charge in [0.05, 0.1) is 0 Å². The van der Waals surface area contributed by atoms with Crippen molar-refractivity contribution in [3.63, 3.8) is 0 Å². The van der Waals surface area contributed by atoms with Gasteiger partial charge in [-0.05, 0) is 48.9 Å². The second-order valence-electron chi connectivity index (χ2n) is 9.06. The van der Waals surface area contributed by atoms with Crippen molar-refractivity contribution >= 4 is 17.2 Å². The average molecular weight is 429 g/mol. The van der Waals surface area contributed by atoms with Crippen LogP contribution >= 0.6 is 11.3 Å². The number of thiophene rings is 1. The maximum absolute atomic E-state index is 12.7. The Kier molecular flexibility index (Phi) is 8.09. The highest BCUT2D eigenvalue weighted by molar-refractivity contribution is 7.11. The zero-order valence-corrected chi connectivity index (χ0v) is 19.9. The van der Waals surface area contributed by atoms with E-state index in [0.717, 1.165) is 32.7 Å². The van der Waals surface area contributed by atoms with E-state index in [0.29, 0.717) is 17.8 Å². The van der Waals surface area contributed by atoms with Gasteiger partial charge in [-0.2, -0.15) is 0 Å². The molecule has 4 nitrogen and oxygen atoms in total. The molecule has 1 saturated heterocycles. The summed E-state index contributed by atoms with van der Waals surface area (Å²) in [4.78, 5) is 20.1. The second-order valence-corrected chi connectivity index (χ2v) is 10.4. The summed E-state index contributed by atoms with van der Waals surface area (Å²) in [5, 5.41) is 0. The van der Waals surface area contributed by atoms with E-state index >= 15 is 0 Å². The Balaban J connectivity index is 1.81. The Morgan fingerprint density at radius 1 is 1.20 bits per heavy atom. The number of benzene rings is 1. The molecule has 1 aromatic heterocycles. The lowest BCUT2D eigenvalue weighted by atomic mass is 9.86. The second kappa shape index (κ2) is 10.6. The maximum atomic E-state index is 12.7. The van der Waals surface area contributed by atoms with Crippen LogP contribution < -0.4 is 0 Å². The Morgan fingerprint density at radius 2 is 1.97 bits per heavy atom. The Bertz CT molecular complexity index is 832. The molecule has 1 aliphatic heterocycles. The molecule has 0 spiro atoms. The van der Waals surface area contributed by atoms with Crippen molar-refractivity contribution in [2.45, 2.75) is 40.2 Å². The van der Waals surface area contributed by atoms with E-state index in [2.05, 4.69) is 69.0 Å². The normalized spacial score (nSPS) is 19.5. The minimum absolute atomic E-state index is 0.0991. The molecule has 0 N–H and O–H groups in total. The van der Waals surface area contributed by atoms with E-state index in [4.69, 9.17) is 4.74 Å². The highest BCUT2D eigenvalue weighted by Crippen LogP contribution is 2.36. The lowest BCUT2D eigenvalue weighted by molar-refractivity contribution is -0.136. The number of amides is 1. The standard InChI is InChI=1S/C25H36N2O2S/c1-18(2)12-27(25(28)17-29-5)14-21-13-26(15-22-11-10-20(4)30-22)16-24(21)23-9-7-6-8-19(23)3/h6-11,18,21,24H,12-17H2,1-5H3. The van der Waals surface area contributed by atoms with Gasteiger partial charge < -0.3 is 9.64 Å². The Morgan fingerprint density at radius 3 is 2.60 bits per heavy atom. The third kappa shape index (κ3) is 5.93. The first-order chi connectivity index (χ1) is 14.4. The number of rotatable bonds is 9. The molecule has 2 heterocycles.